The highest BCUT2D eigenvalue weighted by Crippen LogP contribution is 2.19. The van der Waals surface area contributed by atoms with Crippen molar-refractivity contribution in [3.8, 4) is 12.3 Å². The minimum atomic E-state index is -3.01. The molecule has 1 unspecified atom stereocenters. The van der Waals surface area contributed by atoms with E-state index < -0.39 is 9.84 Å². The molecule has 1 N–H and O–H groups in total. The van der Waals surface area contributed by atoms with Crippen LogP contribution in [-0.4, -0.2) is 55.9 Å². The molecule has 6 heteroatoms. The van der Waals surface area contributed by atoms with Gasteiger partial charge in [-0.1, -0.05) is 18.8 Å². The van der Waals surface area contributed by atoms with Gasteiger partial charge in [-0.15, -0.1) is 6.42 Å². The standard InChI is InChI=1S/C14H22N2O3S/c1-2-8-16(13-7-9-20(18,19)11-13)14(17)10-15-12-5-3-4-6-12/h1,12-13,15H,3-11H2. The van der Waals surface area contributed by atoms with E-state index in [1.807, 2.05) is 0 Å². The van der Waals surface area contributed by atoms with Crippen molar-refractivity contribution in [2.45, 2.75) is 44.2 Å². The predicted molar refractivity (Wildman–Crippen MR) is 77.9 cm³/mol. The van der Waals surface area contributed by atoms with Gasteiger partial charge in [0.25, 0.3) is 0 Å². The highest BCUT2D eigenvalue weighted by Gasteiger charge is 2.34. The van der Waals surface area contributed by atoms with Gasteiger partial charge >= 0.3 is 0 Å². The molecule has 20 heavy (non-hydrogen) atoms. The van der Waals surface area contributed by atoms with Gasteiger partial charge in [0.2, 0.25) is 5.91 Å². The fraction of sp³-hybridized carbons (Fsp3) is 0.786. The summed E-state index contributed by atoms with van der Waals surface area (Å²) >= 11 is 0. The van der Waals surface area contributed by atoms with E-state index in [1.54, 1.807) is 4.90 Å². The van der Waals surface area contributed by atoms with E-state index in [-0.39, 0.29) is 36.5 Å². The molecule has 1 amide bonds. The van der Waals surface area contributed by atoms with Crippen LogP contribution in [0.4, 0.5) is 0 Å². The van der Waals surface area contributed by atoms with Gasteiger partial charge in [0.05, 0.1) is 24.6 Å². The average molecular weight is 298 g/mol. The maximum atomic E-state index is 12.3. The Bertz CT molecular complexity index is 489. The monoisotopic (exact) mass is 298 g/mol. The Morgan fingerprint density at radius 1 is 1.30 bits per heavy atom. The third kappa shape index (κ3) is 3.97. The van der Waals surface area contributed by atoms with Crippen molar-refractivity contribution in [2.75, 3.05) is 24.6 Å². The van der Waals surface area contributed by atoms with E-state index in [0.29, 0.717) is 12.5 Å². The zero-order chi connectivity index (χ0) is 14.6. The summed E-state index contributed by atoms with van der Waals surface area (Å²) in [5.41, 5.74) is 0. The second kappa shape index (κ2) is 6.59. The van der Waals surface area contributed by atoms with Crippen molar-refractivity contribution in [3.05, 3.63) is 0 Å². The fourth-order valence-corrected chi connectivity index (χ4v) is 4.73. The SMILES string of the molecule is C#CCN(C(=O)CNC1CCCC1)C1CCS(=O)(=O)C1. The van der Waals surface area contributed by atoms with Crippen LogP contribution in [0.5, 0.6) is 0 Å². The highest BCUT2D eigenvalue weighted by molar-refractivity contribution is 7.91. The van der Waals surface area contributed by atoms with E-state index >= 15 is 0 Å². The summed E-state index contributed by atoms with van der Waals surface area (Å²) < 4.78 is 23.1. The van der Waals surface area contributed by atoms with Gasteiger partial charge in [-0.3, -0.25) is 4.79 Å². The number of sulfone groups is 1. The lowest BCUT2D eigenvalue weighted by molar-refractivity contribution is -0.131. The van der Waals surface area contributed by atoms with Crippen molar-refractivity contribution in [3.63, 3.8) is 0 Å². The van der Waals surface area contributed by atoms with Crippen LogP contribution in [0.3, 0.4) is 0 Å². The van der Waals surface area contributed by atoms with Gasteiger partial charge in [-0.2, -0.15) is 0 Å². The fourth-order valence-electron chi connectivity index (χ4n) is 3.00. The summed E-state index contributed by atoms with van der Waals surface area (Å²) in [5, 5.41) is 3.26. The molecule has 0 aromatic rings. The van der Waals surface area contributed by atoms with Crippen LogP contribution in [0.15, 0.2) is 0 Å². The number of hydrogen-bond donors (Lipinski definition) is 1. The molecule has 5 nitrogen and oxygen atoms in total. The van der Waals surface area contributed by atoms with Gasteiger partial charge in [0, 0.05) is 12.1 Å². The smallest absolute Gasteiger partial charge is 0.237 e. The van der Waals surface area contributed by atoms with Gasteiger partial charge in [0.1, 0.15) is 0 Å². The van der Waals surface area contributed by atoms with Crippen LogP contribution in [0.25, 0.3) is 0 Å². The summed E-state index contributed by atoms with van der Waals surface area (Å²) in [7, 11) is -3.01. The maximum absolute atomic E-state index is 12.3. The molecule has 0 aromatic heterocycles. The van der Waals surface area contributed by atoms with Crippen LogP contribution in [-0.2, 0) is 14.6 Å². The first-order chi connectivity index (χ1) is 9.52. The van der Waals surface area contributed by atoms with Gasteiger partial charge in [0.15, 0.2) is 9.84 Å². The normalized spacial score (nSPS) is 25.4. The second-order valence-electron chi connectivity index (χ2n) is 5.64. The lowest BCUT2D eigenvalue weighted by Crippen LogP contribution is -2.46. The number of nitrogens with one attached hydrogen (secondary N) is 1. The Labute approximate surface area is 121 Å². The average Bonchev–Trinajstić information content (AvgIpc) is 3.02. The van der Waals surface area contributed by atoms with Crippen LogP contribution in [0.2, 0.25) is 0 Å². The number of nitrogens with zero attached hydrogens (tertiary/aromatic N) is 1. The molecular formula is C14H22N2O3S. The topological polar surface area (TPSA) is 66.5 Å². The molecular weight excluding hydrogens is 276 g/mol. The lowest BCUT2D eigenvalue weighted by atomic mass is 10.2. The molecule has 1 saturated carbocycles. The van der Waals surface area contributed by atoms with Gasteiger partial charge < -0.3 is 10.2 Å². The summed E-state index contributed by atoms with van der Waals surface area (Å²) in [4.78, 5) is 13.8. The first-order valence-electron chi connectivity index (χ1n) is 7.18. The molecule has 1 aliphatic heterocycles. The summed E-state index contributed by atoms with van der Waals surface area (Å²) in [6.07, 6.45) is 10.4. The van der Waals surface area contributed by atoms with Crippen LogP contribution >= 0.6 is 0 Å². The van der Waals surface area contributed by atoms with Crippen molar-refractivity contribution in [1.82, 2.24) is 10.2 Å². The number of hydrogen-bond acceptors (Lipinski definition) is 4. The Balaban J connectivity index is 1.90. The van der Waals surface area contributed by atoms with Crippen LogP contribution < -0.4 is 5.32 Å². The van der Waals surface area contributed by atoms with Gasteiger partial charge in [-0.25, -0.2) is 8.42 Å². The molecule has 2 aliphatic rings. The van der Waals surface area contributed by atoms with Crippen molar-refractivity contribution in [2.24, 2.45) is 0 Å². The maximum Gasteiger partial charge on any atom is 0.237 e. The molecule has 0 radical (unpaired) electrons. The van der Waals surface area contributed by atoms with E-state index in [0.717, 1.165) is 12.8 Å². The Kier molecular flexibility index (Phi) is 5.06. The van der Waals surface area contributed by atoms with E-state index in [1.165, 1.54) is 12.8 Å². The lowest BCUT2D eigenvalue weighted by Gasteiger charge is -2.27. The number of amides is 1. The molecule has 0 bridgehead atoms. The first-order valence-corrected chi connectivity index (χ1v) is 9.01. The quantitative estimate of drug-likeness (QED) is 0.735. The van der Waals surface area contributed by atoms with Crippen molar-refractivity contribution in [1.29, 1.82) is 0 Å². The third-order valence-electron chi connectivity index (χ3n) is 4.13. The Morgan fingerprint density at radius 3 is 2.55 bits per heavy atom. The zero-order valence-electron chi connectivity index (χ0n) is 11.7. The van der Waals surface area contributed by atoms with E-state index in [2.05, 4.69) is 11.2 Å². The molecule has 1 heterocycles. The van der Waals surface area contributed by atoms with Crippen molar-refractivity contribution >= 4 is 15.7 Å². The summed E-state index contributed by atoms with van der Waals surface area (Å²) in [6, 6.07) is 0.160. The Hall–Kier alpha value is -1.06. The number of rotatable bonds is 5. The van der Waals surface area contributed by atoms with Crippen LogP contribution in [0, 0.1) is 12.3 Å². The third-order valence-corrected chi connectivity index (χ3v) is 5.88. The number of carbonyl (C=O) groups excluding carboxylic acids is 1. The first kappa shape index (κ1) is 15.3. The Morgan fingerprint density at radius 2 is 2.00 bits per heavy atom. The molecule has 1 aliphatic carbocycles. The van der Waals surface area contributed by atoms with E-state index in [9.17, 15) is 13.2 Å². The van der Waals surface area contributed by atoms with Gasteiger partial charge in [-0.05, 0) is 19.3 Å². The zero-order valence-corrected chi connectivity index (χ0v) is 12.5. The molecule has 1 saturated heterocycles. The molecule has 0 aromatic carbocycles. The minimum absolute atomic E-state index is 0.0455. The minimum Gasteiger partial charge on any atom is -0.326 e. The van der Waals surface area contributed by atoms with Crippen molar-refractivity contribution < 1.29 is 13.2 Å². The highest BCUT2D eigenvalue weighted by atomic mass is 32.2. The predicted octanol–water partition coefficient (Wildman–Crippen LogP) is 0.168. The number of carbonyl (C=O) groups is 1. The summed E-state index contributed by atoms with van der Waals surface area (Å²) in [5.74, 6) is 2.58. The molecule has 0 spiro atoms. The van der Waals surface area contributed by atoms with Crippen LogP contribution in [0.1, 0.15) is 32.1 Å². The molecule has 112 valence electrons. The largest absolute Gasteiger partial charge is 0.326 e. The number of terminal acetylenes is 1. The second-order valence-corrected chi connectivity index (χ2v) is 7.87. The molecule has 2 rings (SSSR count). The summed E-state index contributed by atoms with van der Waals surface area (Å²) in [6.45, 7) is 0.439. The molecule has 2 fully saturated rings. The van der Waals surface area contributed by atoms with E-state index in [4.69, 9.17) is 6.42 Å². The molecule has 1 atom stereocenters.